The SMILES string of the molecule is CC(C)(CCCCNCCc1ncno1)C(N)=NO. The average molecular weight is 269 g/mol. The minimum atomic E-state index is -0.251. The van der Waals surface area contributed by atoms with Crippen molar-refractivity contribution in [2.75, 3.05) is 13.1 Å². The van der Waals surface area contributed by atoms with Crippen molar-refractivity contribution in [3.63, 3.8) is 0 Å². The predicted molar refractivity (Wildman–Crippen MR) is 71.9 cm³/mol. The molecule has 1 rings (SSSR count). The van der Waals surface area contributed by atoms with Gasteiger partial charge in [-0.05, 0) is 19.4 Å². The topological polar surface area (TPSA) is 110 Å². The lowest BCUT2D eigenvalue weighted by molar-refractivity contribution is 0.304. The van der Waals surface area contributed by atoms with Crippen molar-refractivity contribution in [3.8, 4) is 0 Å². The minimum absolute atomic E-state index is 0.251. The number of oxime groups is 1. The molecule has 0 saturated heterocycles. The lowest BCUT2D eigenvalue weighted by Crippen LogP contribution is -2.32. The maximum atomic E-state index is 8.66. The second kappa shape index (κ2) is 7.73. The summed E-state index contributed by atoms with van der Waals surface area (Å²) in [4.78, 5) is 3.94. The number of nitrogens with zero attached hydrogens (tertiary/aromatic N) is 3. The third-order valence-corrected chi connectivity index (χ3v) is 3.13. The summed E-state index contributed by atoms with van der Waals surface area (Å²) in [6.45, 7) is 5.71. The van der Waals surface area contributed by atoms with Gasteiger partial charge >= 0.3 is 0 Å². The first-order chi connectivity index (χ1) is 9.06. The summed E-state index contributed by atoms with van der Waals surface area (Å²) in [7, 11) is 0. The summed E-state index contributed by atoms with van der Waals surface area (Å²) >= 11 is 0. The first kappa shape index (κ1) is 15.4. The largest absolute Gasteiger partial charge is 0.409 e. The predicted octanol–water partition coefficient (Wildman–Crippen LogP) is 1.14. The molecule has 0 spiro atoms. The summed E-state index contributed by atoms with van der Waals surface area (Å²) in [5.41, 5.74) is 5.38. The zero-order valence-electron chi connectivity index (χ0n) is 11.6. The Balaban J connectivity index is 2.02. The minimum Gasteiger partial charge on any atom is -0.409 e. The number of nitrogens with two attached hydrogens (primary N) is 1. The Morgan fingerprint density at radius 2 is 2.26 bits per heavy atom. The normalized spacial score (nSPS) is 12.8. The van der Waals surface area contributed by atoms with Crippen LogP contribution >= 0.6 is 0 Å². The third kappa shape index (κ3) is 5.69. The van der Waals surface area contributed by atoms with Gasteiger partial charge in [-0.1, -0.05) is 30.6 Å². The van der Waals surface area contributed by atoms with Gasteiger partial charge in [0.15, 0.2) is 6.33 Å². The van der Waals surface area contributed by atoms with Crippen molar-refractivity contribution < 1.29 is 9.73 Å². The van der Waals surface area contributed by atoms with Crippen LogP contribution in [0.2, 0.25) is 0 Å². The number of rotatable bonds is 9. The monoisotopic (exact) mass is 269 g/mol. The molecule has 7 heteroatoms. The molecule has 1 aromatic rings. The molecule has 0 amide bonds. The van der Waals surface area contributed by atoms with Crippen molar-refractivity contribution in [2.24, 2.45) is 16.3 Å². The summed E-state index contributed by atoms with van der Waals surface area (Å²) < 4.78 is 4.89. The molecule has 0 aliphatic carbocycles. The van der Waals surface area contributed by atoms with E-state index in [4.69, 9.17) is 15.5 Å². The number of amidine groups is 1. The van der Waals surface area contributed by atoms with Crippen LogP contribution in [0.4, 0.5) is 0 Å². The lowest BCUT2D eigenvalue weighted by Gasteiger charge is -2.22. The Labute approximate surface area is 113 Å². The van der Waals surface area contributed by atoms with Gasteiger partial charge in [-0.2, -0.15) is 4.98 Å². The molecule has 0 unspecified atom stereocenters. The van der Waals surface area contributed by atoms with Gasteiger partial charge in [0.05, 0.1) is 0 Å². The van der Waals surface area contributed by atoms with Crippen molar-refractivity contribution in [1.82, 2.24) is 15.5 Å². The van der Waals surface area contributed by atoms with E-state index in [0.717, 1.165) is 38.8 Å². The van der Waals surface area contributed by atoms with E-state index >= 15 is 0 Å². The average Bonchev–Trinajstić information content (AvgIpc) is 2.89. The summed E-state index contributed by atoms with van der Waals surface area (Å²) in [6.07, 6.45) is 5.12. The molecule has 19 heavy (non-hydrogen) atoms. The number of nitrogens with one attached hydrogen (secondary N) is 1. The molecule has 0 saturated carbocycles. The van der Waals surface area contributed by atoms with Crippen LogP contribution in [-0.4, -0.2) is 34.3 Å². The highest BCUT2D eigenvalue weighted by Crippen LogP contribution is 2.22. The smallest absolute Gasteiger partial charge is 0.227 e. The zero-order chi connectivity index (χ0) is 14.1. The molecular formula is C12H23N5O2. The quantitative estimate of drug-likeness (QED) is 0.204. The molecule has 0 atom stereocenters. The van der Waals surface area contributed by atoms with Gasteiger partial charge in [0.25, 0.3) is 0 Å². The van der Waals surface area contributed by atoms with Crippen LogP contribution in [0.5, 0.6) is 0 Å². The van der Waals surface area contributed by atoms with Crippen LogP contribution < -0.4 is 11.1 Å². The first-order valence-corrected chi connectivity index (χ1v) is 6.50. The number of hydrogen-bond acceptors (Lipinski definition) is 6. The molecule has 0 fully saturated rings. The van der Waals surface area contributed by atoms with E-state index in [-0.39, 0.29) is 11.3 Å². The van der Waals surface area contributed by atoms with E-state index < -0.39 is 0 Å². The molecular weight excluding hydrogens is 246 g/mol. The van der Waals surface area contributed by atoms with Gasteiger partial charge in [-0.25, -0.2) is 0 Å². The standard InChI is InChI=1S/C12H23N5O2/c1-12(2,11(13)17-18)6-3-4-7-14-8-5-10-15-9-16-19-10/h9,14,18H,3-8H2,1-2H3,(H2,13,17). The number of aromatic nitrogens is 2. The maximum Gasteiger partial charge on any atom is 0.227 e. The Morgan fingerprint density at radius 1 is 1.47 bits per heavy atom. The highest BCUT2D eigenvalue weighted by molar-refractivity contribution is 5.85. The number of unbranched alkanes of at least 4 members (excludes halogenated alkanes) is 1. The lowest BCUT2D eigenvalue weighted by atomic mass is 9.86. The van der Waals surface area contributed by atoms with Crippen LogP contribution in [0, 0.1) is 5.41 Å². The van der Waals surface area contributed by atoms with Crippen LogP contribution in [0.15, 0.2) is 16.0 Å². The Hall–Kier alpha value is -1.63. The van der Waals surface area contributed by atoms with Gasteiger partial charge in [0, 0.05) is 18.4 Å². The molecule has 108 valence electrons. The first-order valence-electron chi connectivity index (χ1n) is 6.50. The highest BCUT2D eigenvalue weighted by Gasteiger charge is 2.22. The second-order valence-corrected chi connectivity index (χ2v) is 5.16. The third-order valence-electron chi connectivity index (χ3n) is 3.13. The molecule has 0 bridgehead atoms. The zero-order valence-corrected chi connectivity index (χ0v) is 11.6. The molecule has 1 aromatic heterocycles. The fraction of sp³-hybridized carbons (Fsp3) is 0.750. The Morgan fingerprint density at radius 3 is 2.89 bits per heavy atom. The Bertz CT molecular complexity index is 375. The van der Waals surface area contributed by atoms with Gasteiger partial charge < -0.3 is 20.8 Å². The molecule has 7 nitrogen and oxygen atoms in total. The van der Waals surface area contributed by atoms with E-state index in [0.29, 0.717) is 5.89 Å². The van der Waals surface area contributed by atoms with E-state index in [1.807, 2.05) is 13.8 Å². The molecule has 0 aliphatic heterocycles. The van der Waals surface area contributed by atoms with Crippen LogP contribution in [-0.2, 0) is 6.42 Å². The molecule has 0 aliphatic rings. The van der Waals surface area contributed by atoms with Crippen LogP contribution in [0.25, 0.3) is 0 Å². The van der Waals surface area contributed by atoms with E-state index in [9.17, 15) is 0 Å². The van der Waals surface area contributed by atoms with Gasteiger partial charge in [-0.15, -0.1) is 0 Å². The summed E-state index contributed by atoms with van der Waals surface area (Å²) in [5, 5.41) is 18.6. The fourth-order valence-corrected chi connectivity index (χ4v) is 1.71. The van der Waals surface area contributed by atoms with Crippen LogP contribution in [0.1, 0.15) is 39.0 Å². The molecule has 1 heterocycles. The van der Waals surface area contributed by atoms with Crippen molar-refractivity contribution in [1.29, 1.82) is 0 Å². The summed E-state index contributed by atoms with van der Waals surface area (Å²) in [6, 6.07) is 0. The Kier molecular flexibility index (Phi) is 6.27. The van der Waals surface area contributed by atoms with Crippen molar-refractivity contribution >= 4 is 5.84 Å². The highest BCUT2D eigenvalue weighted by atomic mass is 16.5. The second-order valence-electron chi connectivity index (χ2n) is 5.16. The van der Waals surface area contributed by atoms with E-state index in [1.54, 1.807) is 0 Å². The number of hydrogen-bond donors (Lipinski definition) is 3. The summed E-state index contributed by atoms with van der Waals surface area (Å²) in [5.74, 6) is 0.942. The van der Waals surface area contributed by atoms with Crippen molar-refractivity contribution in [3.05, 3.63) is 12.2 Å². The molecule has 0 radical (unpaired) electrons. The van der Waals surface area contributed by atoms with E-state index in [1.165, 1.54) is 6.33 Å². The van der Waals surface area contributed by atoms with Gasteiger partial charge in [0.2, 0.25) is 5.89 Å². The maximum absolute atomic E-state index is 8.66. The van der Waals surface area contributed by atoms with Gasteiger partial charge in [0.1, 0.15) is 5.84 Å². The molecule has 0 aromatic carbocycles. The van der Waals surface area contributed by atoms with E-state index in [2.05, 4.69) is 20.6 Å². The van der Waals surface area contributed by atoms with Crippen LogP contribution in [0.3, 0.4) is 0 Å². The van der Waals surface area contributed by atoms with Gasteiger partial charge in [-0.3, -0.25) is 0 Å². The molecule has 4 N–H and O–H groups in total. The fourth-order valence-electron chi connectivity index (χ4n) is 1.71. The van der Waals surface area contributed by atoms with Crippen molar-refractivity contribution in [2.45, 2.75) is 39.5 Å².